The quantitative estimate of drug-likeness (QED) is 0.623. The minimum atomic E-state index is -1.12. The number of anilines is 1. The molecule has 1 amide bonds. The molecule has 1 fully saturated rings. The summed E-state index contributed by atoms with van der Waals surface area (Å²) in [6.45, 7) is 0.386. The van der Waals surface area contributed by atoms with Gasteiger partial charge in [0, 0.05) is 13.1 Å². The first-order valence-electron chi connectivity index (χ1n) is 6.28. The lowest BCUT2D eigenvalue weighted by atomic mass is 10.2. The van der Waals surface area contributed by atoms with Gasteiger partial charge < -0.3 is 20.6 Å². The van der Waals surface area contributed by atoms with Crippen LogP contribution in [-0.2, 0) is 4.79 Å². The highest BCUT2D eigenvalue weighted by molar-refractivity contribution is 6.33. The van der Waals surface area contributed by atoms with Crippen molar-refractivity contribution in [1.82, 2.24) is 4.90 Å². The summed E-state index contributed by atoms with van der Waals surface area (Å²) in [5.74, 6) is -1.52. The molecule has 2 atom stereocenters. The van der Waals surface area contributed by atoms with E-state index in [2.05, 4.69) is 5.32 Å². The van der Waals surface area contributed by atoms with Crippen molar-refractivity contribution in [3.8, 4) is 0 Å². The van der Waals surface area contributed by atoms with Crippen molar-refractivity contribution < 1.29 is 24.9 Å². The number of carboxylic acid groups (broad SMARTS) is 1. The number of benzene rings is 1. The zero-order chi connectivity index (χ0) is 15.6. The van der Waals surface area contributed by atoms with E-state index in [4.69, 9.17) is 16.7 Å². The zero-order valence-corrected chi connectivity index (χ0v) is 11.7. The van der Waals surface area contributed by atoms with Gasteiger partial charge in [0.15, 0.2) is 0 Å². The number of nitrogens with one attached hydrogen (secondary N) is 1. The molecule has 1 aliphatic rings. The van der Waals surface area contributed by atoms with Gasteiger partial charge in [0.05, 0.1) is 35.0 Å². The van der Waals surface area contributed by atoms with E-state index < -0.39 is 24.1 Å². The minimum Gasteiger partial charge on any atom is -0.478 e. The van der Waals surface area contributed by atoms with E-state index in [1.807, 2.05) is 0 Å². The summed E-state index contributed by atoms with van der Waals surface area (Å²) in [6.07, 6.45) is -1.73. The van der Waals surface area contributed by atoms with Crippen LogP contribution in [0, 0.1) is 0 Å². The van der Waals surface area contributed by atoms with Crippen LogP contribution >= 0.6 is 11.6 Å². The van der Waals surface area contributed by atoms with Crippen LogP contribution in [0.1, 0.15) is 10.4 Å². The Labute approximate surface area is 125 Å². The molecule has 7 nitrogen and oxygen atoms in total. The predicted molar refractivity (Wildman–Crippen MR) is 75.5 cm³/mol. The van der Waals surface area contributed by atoms with Gasteiger partial charge >= 0.3 is 5.97 Å². The monoisotopic (exact) mass is 314 g/mol. The molecule has 0 spiro atoms. The van der Waals surface area contributed by atoms with Crippen molar-refractivity contribution in [3.63, 3.8) is 0 Å². The highest BCUT2D eigenvalue weighted by atomic mass is 35.5. The van der Waals surface area contributed by atoms with Crippen molar-refractivity contribution in [3.05, 3.63) is 28.8 Å². The van der Waals surface area contributed by atoms with Crippen molar-refractivity contribution >= 4 is 29.2 Å². The SMILES string of the molecule is O=C(CN1CC(O)C(O)C1)Nc1cc(C(=O)O)ccc1Cl. The molecule has 1 saturated heterocycles. The summed E-state index contributed by atoms with van der Waals surface area (Å²) >= 11 is 5.91. The Balaban J connectivity index is 2.00. The number of carboxylic acids is 1. The van der Waals surface area contributed by atoms with Gasteiger partial charge in [-0.25, -0.2) is 4.79 Å². The highest BCUT2D eigenvalue weighted by Crippen LogP contribution is 2.23. The lowest BCUT2D eigenvalue weighted by Gasteiger charge is -2.15. The van der Waals surface area contributed by atoms with E-state index >= 15 is 0 Å². The highest BCUT2D eigenvalue weighted by Gasteiger charge is 2.30. The van der Waals surface area contributed by atoms with Gasteiger partial charge in [0.2, 0.25) is 5.91 Å². The number of aliphatic hydroxyl groups excluding tert-OH is 2. The van der Waals surface area contributed by atoms with Gasteiger partial charge in [-0.1, -0.05) is 11.6 Å². The maximum atomic E-state index is 11.9. The average molecular weight is 315 g/mol. The molecule has 114 valence electrons. The van der Waals surface area contributed by atoms with Crippen LogP contribution in [0.2, 0.25) is 5.02 Å². The lowest BCUT2D eigenvalue weighted by Crippen LogP contribution is -2.32. The number of hydrogen-bond donors (Lipinski definition) is 4. The number of β-amino-alcohol motifs (C(OH)–C–C–N with tert-alkyl or cyclic N) is 2. The smallest absolute Gasteiger partial charge is 0.335 e. The van der Waals surface area contributed by atoms with Crippen LogP contribution in [0.15, 0.2) is 18.2 Å². The molecular formula is C13H15ClN2O5. The average Bonchev–Trinajstić information content (AvgIpc) is 2.70. The Morgan fingerprint density at radius 3 is 2.48 bits per heavy atom. The third-order valence-electron chi connectivity index (χ3n) is 3.19. The fourth-order valence-corrected chi connectivity index (χ4v) is 2.29. The van der Waals surface area contributed by atoms with Crippen molar-refractivity contribution in [1.29, 1.82) is 0 Å². The summed E-state index contributed by atoms with van der Waals surface area (Å²) in [6, 6.07) is 4.01. The molecule has 0 bridgehead atoms. The Kier molecular flexibility index (Phi) is 4.79. The zero-order valence-electron chi connectivity index (χ0n) is 11.0. The molecule has 1 heterocycles. The van der Waals surface area contributed by atoms with E-state index in [0.717, 1.165) is 0 Å². The molecule has 2 unspecified atom stereocenters. The normalized spacial score (nSPS) is 22.2. The number of carbonyl (C=O) groups is 2. The molecule has 2 rings (SSSR count). The summed E-state index contributed by atoms with van der Waals surface area (Å²) in [7, 11) is 0. The van der Waals surface area contributed by atoms with E-state index in [1.165, 1.54) is 18.2 Å². The third kappa shape index (κ3) is 3.92. The summed E-state index contributed by atoms with van der Waals surface area (Å²) in [5.41, 5.74) is 0.226. The predicted octanol–water partition coefficient (Wildman–Crippen LogP) is 0.0141. The number of carbonyl (C=O) groups excluding carboxylic acids is 1. The van der Waals surface area contributed by atoms with Gasteiger partial charge in [-0.3, -0.25) is 9.69 Å². The Hall–Kier alpha value is -1.67. The Morgan fingerprint density at radius 1 is 1.29 bits per heavy atom. The molecule has 0 aliphatic carbocycles. The molecule has 4 N–H and O–H groups in total. The van der Waals surface area contributed by atoms with E-state index in [9.17, 15) is 19.8 Å². The second-order valence-corrected chi connectivity index (χ2v) is 5.28. The number of likely N-dealkylation sites (tertiary alicyclic amines) is 1. The fourth-order valence-electron chi connectivity index (χ4n) is 2.12. The lowest BCUT2D eigenvalue weighted by molar-refractivity contribution is -0.117. The van der Waals surface area contributed by atoms with Gasteiger partial charge in [-0.05, 0) is 18.2 Å². The van der Waals surface area contributed by atoms with Crippen LogP contribution in [0.5, 0.6) is 0 Å². The van der Waals surface area contributed by atoms with Crippen LogP contribution < -0.4 is 5.32 Å². The molecule has 1 aromatic carbocycles. The van der Waals surface area contributed by atoms with Gasteiger partial charge in [0.1, 0.15) is 0 Å². The van der Waals surface area contributed by atoms with Gasteiger partial charge in [0.25, 0.3) is 0 Å². The number of aliphatic hydroxyl groups is 2. The molecule has 1 aliphatic heterocycles. The molecule has 0 aromatic heterocycles. The van der Waals surface area contributed by atoms with Crippen molar-refractivity contribution in [2.75, 3.05) is 25.0 Å². The number of aromatic carboxylic acids is 1. The van der Waals surface area contributed by atoms with Crippen LogP contribution in [-0.4, -0.2) is 63.9 Å². The Bertz CT molecular complexity index is 555. The largest absolute Gasteiger partial charge is 0.478 e. The number of rotatable bonds is 4. The van der Waals surface area contributed by atoms with Gasteiger partial charge in [-0.2, -0.15) is 0 Å². The van der Waals surface area contributed by atoms with Crippen LogP contribution in [0.3, 0.4) is 0 Å². The van der Waals surface area contributed by atoms with E-state index in [-0.39, 0.29) is 35.9 Å². The second-order valence-electron chi connectivity index (χ2n) is 4.88. The van der Waals surface area contributed by atoms with Crippen LogP contribution in [0.25, 0.3) is 0 Å². The molecule has 21 heavy (non-hydrogen) atoms. The first kappa shape index (κ1) is 15.7. The van der Waals surface area contributed by atoms with Gasteiger partial charge in [-0.15, -0.1) is 0 Å². The minimum absolute atomic E-state index is 0.0155. The van der Waals surface area contributed by atoms with Crippen LogP contribution in [0.4, 0.5) is 5.69 Å². The summed E-state index contributed by atoms with van der Waals surface area (Å²) in [5, 5.41) is 30.5. The first-order chi connectivity index (χ1) is 9.86. The molecule has 1 aromatic rings. The number of halogens is 1. The summed E-state index contributed by atoms with van der Waals surface area (Å²) in [4.78, 5) is 24.4. The standard InChI is InChI=1S/C13H15ClN2O5/c14-8-2-1-7(13(20)21)3-9(8)15-12(19)6-16-4-10(17)11(18)5-16/h1-3,10-11,17-18H,4-6H2,(H,15,19)(H,20,21). The maximum absolute atomic E-state index is 11.9. The maximum Gasteiger partial charge on any atom is 0.335 e. The number of amides is 1. The third-order valence-corrected chi connectivity index (χ3v) is 3.52. The van der Waals surface area contributed by atoms with E-state index in [1.54, 1.807) is 4.90 Å². The molecule has 8 heteroatoms. The second kappa shape index (κ2) is 6.40. The number of nitrogens with zero attached hydrogens (tertiary/aromatic N) is 1. The molecule has 0 saturated carbocycles. The molecular weight excluding hydrogens is 300 g/mol. The fraction of sp³-hybridized carbons (Fsp3) is 0.385. The Morgan fingerprint density at radius 2 is 1.90 bits per heavy atom. The first-order valence-corrected chi connectivity index (χ1v) is 6.66. The van der Waals surface area contributed by atoms with Crippen molar-refractivity contribution in [2.45, 2.75) is 12.2 Å². The topological polar surface area (TPSA) is 110 Å². The van der Waals surface area contributed by atoms with Crippen molar-refractivity contribution in [2.24, 2.45) is 0 Å². The summed E-state index contributed by atoms with van der Waals surface area (Å²) < 4.78 is 0. The molecule has 0 radical (unpaired) electrons. The van der Waals surface area contributed by atoms with E-state index in [0.29, 0.717) is 0 Å². The number of hydrogen-bond acceptors (Lipinski definition) is 5.